The van der Waals surface area contributed by atoms with Gasteiger partial charge >= 0.3 is 5.97 Å². The Morgan fingerprint density at radius 1 is 1.19 bits per heavy atom. The number of esters is 1. The fraction of sp³-hybridized carbons (Fsp3) is 0.500. The molecule has 142 valence electrons. The van der Waals surface area contributed by atoms with E-state index in [4.69, 9.17) is 21.7 Å². The topological polar surface area (TPSA) is 35.5 Å². The molecule has 0 aliphatic carbocycles. The summed E-state index contributed by atoms with van der Waals surface area (Å²) in [5, 5.41) is 0.895. The number of fused-ring (bicyclic) bond motifs is 1. The molecule has 0 saturated carbocycles. The summed E-state index contributed by atoms with van der Waals surface area (Å²) < 4.78 is 26.5. The summed E-state index contributed by atoms with van der Waals surface area (Å²) in [5.74, 6) is 0.324. The van der Waals surface area contributed by atoms with E-state index < -0.39 is 0 Å². The van der Waals surface area contributed by atoms with Gasteiger partial charge in [0.1, 0.15) is 9.57 Å². The van der Waals surface area contributed by atoms with E-state index in [-0.39, 0.29) is 11.8 Å². The van der Waals surface area contributed by atoms with E-state index in [1.165, 1.54) is 11.3 Å². The number of rotatable bonds is 10. The Bertz CT molecular complexity index is 801. The first-order valence-corrected chi connectivity index (χ1v) is 10.3. The van der Waals surface area contributed by atoms with E-state index in [0.29, 0.717) is 35.4 Å². The van der Waals surface area contributed by atoms with Crippen LogP contribution < -0.4 is 4.74 Å². The van der Waals surface area contributed by atoms with Crippen LogP contribution in [0.3, 0.4) is 0 Å². The van der Waals surface area contributed by atoms with Crippen molar-refractivity contribution in [3.05, 3.63) is 33.4 Å². The molecule has 1 aromatic heterocycles. The highest BCUT2D eigenvalue weighted by Gasteiger charge is 2.11. The van der Waals surface area contributed by atoms with E-state index in [1.54, 1.807) is 6.92 Å². The van der Waals surface area contributed by atoms with Crippen LogP contribution in [0.2, 0.25) is 0 Å². The second-order valence-electron chi connectivity index (χ2n) is 6.07. The number of benzene rings is 1. The van der Waals surface area contributed by atoms with E-state index in [9.17, 15) is 9.18 Å². The zero-order chi connectivity index (χ0) is 18.9. The third kappa shape index (κ3) is 5.74. The Hall–Kier alpha value is -1.53. The van der Waals surface area contributed by atoms with Crippen LogP contribution in [0.1, 0.15) is 51.5 Å². The molecule has 0 amide bonds. The van der Waals surface area contributed by atoms with Gasteiger partial charge in [0.25, 0.3) is 0 Å². The van der Waals surface area contributed by atoms with Crippen molar-refractivity contribution in [2.24, 2.45) is 0 Å². The molecule has 3 nitrogen and oxygen atoms in total. The number of carbonyl (C=O) groups excluding carboxylic acids is 1. The lowest BCUT2D eigenvalue weighted by atomic mass is 10.1. The molecule has 6 heteroatoms. The smallest absolute Gasteiger partial charge is 0.305 e. The van der Waals surface area contributed by atoms with Crippen molar-refractivity contribution in [2.45, 2.75) is 52.4 Å². The molecule has 0 aliphatic heterocycles. The molecule has 2 rings (SSSR count). The third-order valence-corrected chi connectivity index (χ3v) is 5.40. The fourth-order valence-electron chi connectivity index (χ4n) is 2.66. The summed E-state index contributed by atoms with van der Waals surface area (Å²) in [5.41, 5.74) is 0.689. The van der Waals surface area contributed by atoms with Crippen molar-refractivity contribution in [3.63, 3.8) is 0 Å². The van der Waals surface area contributed by atoms with Gasteiger partial charge in [-0.2, -0.15) is 0 Å². The van der Waals surface area contributed by atoms with Crippen molar-refractivity contribution in [2.75, 3.05) is 13.2 Å². The van der Waals surface area contributed by atoms with Crippen LogP contribution in [0, 0.1) is 9.64 Å². The standard InChI is InChI=1S/C20H25FO3S2/c1-3-8-15-16-13-14(9-10-17(16)26-20(25)19(15)21)23-11-6-5-7-12-24-18(22)4-2/h9-10,13H,3-8,11-12H2,1-2H3. The number of unbranched alkanes of at least 4 members (excludes halogenated alkanes) is 2. The second-order valence-corrected chi connectivity index (χ2v) is 7.79. The van der Waals surface area contributed by atoms with Gasteiger partial charge in [-0.15, -0.1) is 11.3 Å². The summed E-state index contributed by atoms with van der Waals surface area (Å²) in [7, 11) is 0. The summed E-state index contributed by atoms with van der Waals surface area (Å²) in [4.78, 5) is 11.0. The van der Waals surface area contributed by atoms with Gasteiger partial charge in [-0.3, -0.25) is 4.79 Å². The third-order valence-electron chi connectivity index (χ3n) is 4.03. The van der Waals surface area contributed by atoms with Crippen LogP contribution in [-0.4, -0.2) is 19.2 Å². The van der Waals surface area contributed by atoms with Crippen LogP contribution in [0.4, 0.5) is 4.39 Å². The molecule has 1 aromatic carbocycles. The van der Waals surface area contributed by atoms with Crippen molar-refractivity contribution in [1.82, 2.24) is 0 Å². The predicted octanol–water partition coefficient (Wildman–Crippen LogP) is 6.22. The maximum Gasteiger partial charge on any atom is 0.305 e. The first kappa shape index (κ1) is 20.8. The minimum atomic E-state index is -0.266. The summed E-state index contributed by atoms with van der Waals surface area (Å²) in [6.45, 7) is 4.87. The zero-order valence-corrected chi connectivity index (χ0v) is 16.9. The highest BCUT2D eigenvalue weighted by molar-refractivity contribution is 7.73. The molecule has 0 fully saturated rings. The van der Waals surface area contributed by atoms with E-state index in [2.05, 4.69) is 0 Å². The molecule has 0 bridgehead atoms. The van der Waals surface area contributed by atoms with Gasteiger partial charge in [-0.1, -0.05) is 32.5 Å². The quantitative estimate of drug-likeness (QED) is 0.271. The first-order chi connectivity index (χ1) is 12.6. The lowest BCUT2D eigenvalue weighted by Gasteiger charge is -2.10. The van der Waals surface area contributed by atoms with Gasteiger partial charge in [0, 0.05) is 16.5 Å². The Balaban J connectivity index is 1.92. The average molecular weight is 397 g/mol. The predicted molar refractivity (Wildman–Crippen MR) is 107 cm³/mol. The molecule has 2 aromatic rings. The molecule has 0 saturated heterocycles. The van der Waals surface area contributed by atoms with Crippen LogP contribution in [0.25, 0.3) is 10.1 Å². The number of hydrogen-bond donors (Lipinski definition) is 0. The van der Waals surface area contributed by atoms with E-state index >= 15 is 0 Å². The lowest BCUT2D eigenvalue weighted by molar-refractivity contribution is -0.143. The van der Waals surface area contributed by atoms with Gasteiger partial charge in [0.2, 0.25) is 0 Å². The number of hydrogen-bond acceptors (Lipinski definition) is 5. The molecule has 0 aliphatic rings. The molecule has 0 radical (unpaired) electrons. The van der Waals surface area contributed by atoms with E-state index in [1.807, 2.05) is 25.1 Å². The Kier molecular flexibility index (Phi) is 8.45. The van der Waals surface area contributed by atoms with E-state index in [0.717, 1.165) is 41.5 Å². The van der Waals surface area contributed by atoms with Crippen LogP contribution in [-0.2, 0) is 16.0 Å². The minimum absolute atomic E-state index is 0.157. The normalized spacial score (nSPS) is 10.9. The maximum atomic E-state index is 14.4. The second kappa shape index (κ2) is 10.6. The number of carbonyl (C=O) groups is 1. The van der Waals surface area contributed by atoms with Crippen molar-refractivity contribution in [3.8, 4) is 5.75 Å². The lowest BCUT2D eigenvalue weighted by Crippen LogP contribution is -2.04. The minimum Gasteiger partial charge on any atom is -0.494 e. The van der Waals surface area contributed by atoms with Crippen molar-refractivity contribution in [1.29, 1.82) is 0 Å². The largest absolute Gasteiger partial charge is 0.494 e. The van der Waals surface area contributed by atoms with Gasteiger partial charge in [-0.05, 0) is 49.4 Å². The van der Waals surface area contributed by atoms with Crippen LogP contribution in [0.15, 0.2) is 18.2 Å². The molecule has 0 unspecified atom stereocenters. The van der Waals surface area contributed by atoms with Crippen LogP contribution in [0.5, 0.6) is 5.75 Å². The Morgan fingerprint density at radius 3 is 2.69 bits per heavy atom. The molecular weight excluding hydrogens is 371 g/mol. The van der Waals surface area contributed by atoms with Gasteiger partial charge in [-0.25, -0.2) is 4.39 Å². The molecule has 26 heavy (non-hydrogen) atoms. The SMILES string of the molecule is CCCc1c(F)c(=S)sc2ccc(OCCCCCOC(=O)CC)cc12. The zero-order valence-electron chi connectivity index (χ0n) is 15.3. The monoisotopic (exact) mass is 396 g/mol. The Morgan fingerprint density at radius 2 is 1.96 bits per heavy atom. The maximum absolute atomic E-state index is 14.4. The fourth-order valence-corrected chi connectivity index (χ4v) is 3.90. The summed E-state index contributed by atoms with van der Waals surface area (Å²) in [6, 6.07) is 5.77. The van der Waals surface area contributed by atoms with Crippen molar-refractivity contribution >= 4 is 39.6 Å². The first-order valence-electron chi connectivity index (χ1n) is 9.10. The number of ether oxygens (including phenoxy) is 2. The summed E-state index contributed by atoms with van der Waals surface area (Å²) >= 11 is 6.44. The number of halogens is 1. The van der Waals surface area contributed by atoms with Gasteiger partial charge in [0.05, 0.1) is 13.2 Å². The highest BCUT2D eigenvalue weighted by Crippen LogP contribution is 2.31. The average Bonchev–Trinajstić information content (AvgIpc) is 2.64. The summed E-state index contributed by atoms with van der Waals surface area (Å²) in [6.07, 6.45) is 4.59. The molecule has 1 heterocycles. The molecule has 0 N–H and O–H groups in total. The van der Waals surface area contributed by atoms with Crippen LogP contribution >= 0.6 is 23.6 Å². The molecule has 0 spiro atoms. The van der Waals surface area contributed by atoms with Crippen molar-refractivity contribution < 1.29 is 18.7 Å². The van der Waals surface area contributed by atoms with Gasteiger partial charge in [0.15, 0.2) is 5.82 Å². The highest BCUT2D eigenvalue weighted by atomic mass is 32.1. The molecular formula is C20H25FO3S2. The van der Waals surface area contributed by atoms with Gasteiger partial charge < -0.3 is 9.47 Å². The number of aryl methyl sites for hydroxylation is 1. The molecule has 0 atom stereocenters. The Labute approximate surface area is 163 Å².